The first-order chi connectivity index (χ1) is 8.85. The predicted molar refractivity (Wildman–Crippen MR) is 80.7 cm³/mol. The number of nitriles is 1. The normalized spacial score (nSPS) is 11.2. The van der Waals surface area contributed by atoms with E-state index in [9.17, 15) is 8.42 Å². The standard InChI is InChI=1S/C11H12BrN3O2S2/c12-10-3-1-2-9(6-10)8-19(16,17)15(5-4-13)7-11(14)18/h1-3,6H,5,7-8H2,(H2,14,18). The molecule has 8 heteroatoms. The summed E-state index contributed by atoms with van der Waals surface area (Å²) in [5.41, 5.74) is 5.97. The van der Waals surface area contributed by atoms with Crippen molar-refractivity contribution in [1.29, 1.82) is 5.26 Å². The van der Waals surface area contributed by atoms with E-state index in [-0.39, 0.29) is 23.8 Å². The lowest BCUT2D eigenvalue weighted by Gasteiger charge is -2.18. The number of nitrogens with two attached hydrogens (primary N) is 1. The Morgan fingerprint density at radius 1 is 1.53 bits per heavy atom. The van der Waals surface area contributed by atoms with Gasteiger partial charge >= 0.3 is 0 Å². The summed E-state index contributed by atoms with van der Waals surface area (Å²) in [4.78, 5) is 0.0352. The van der Waals surface area contributed by atoms with E-state index in [1.807, 2.05) is 0 Å². The first-order valence-electron chi connectivity index (χ1n) is 5.22. The number of benzene rings is 1. The summed E-state index contributed by atoms with van der Waals surface area (Å²) in [5, 5.41) is 8.68. The monoisotopic (exact) mass is 361 g/mol. The van der Waals surface area contributed by atoms with E-state index in [1.165, 1.54) is 0 Å². The Hall–Kier alpha value is -1.01. The topological polar surface area (TPSA) is 87.2 Å². The third-order valence-corrected chi connectivity index (χ3v) is 4.58. The van der Waals surface area contributed by atoms with Crippen LogP contribution in [0.15, 0.2) is 28.7 Å². The van der Waals surface area contributed by atoms with Crippen LogP contribution in [0.5, 0.6) is 0 Å². The molecule has 0 spiro atoms. The van der Waals surface area contributed by atoms with Crippen LogP contribution >= 0.6 is 28.1 Å². The van der Waals surface area contributed by atoms with Crippen molar-refractivity contribution in [2.75, 3.05) is 13.1 Å². The molecule has 0 unspecified atom stereocenters. The van der Waals surface area contributed by atoms with Crippen LogP contribution in [-0.2, 0) is 15.8 Å². The number of hydrogen-bond donors (Lipinski definition) is 1. The van der Waals surface area contributed by atoms with Gasteiger partial charge in [-0.3, -0.25) is 0 Å². The van der Waals surface area contributed by atoms with Crippen LogP contribution in [0.4, 0.5) is 0 Å². The smallest absolute Gasteiger partial charge is 0.219 e. The van der Waals surface area contributed by atoms with Crippen molar-refractivity contribution in [2.45, 2.75) is 5.75 Å². The average molecular weight is 362 g/mol. The quantitative estimate of drug-likeness (QED) is 0.610. The van der Waals surface area contributed by atoms with E-state index < -0.39 is 10.0 Å². The van der Waals surface area contributed by atoms with Crippen molar-refractivity contribution in [3.63, 3.8) is 0 Å². The summed E-state index contributed by atoms with van der Waals surface area (Å²) in [5.74, 6) is -0.198. The summed E-state index contributed by atoms with van der Waals surface area (Å²) in [6.07, 6.45) is 0. The Labute approximate surface area is 126 Å². The molecule has 0 aliphatic heterocycles. The van der Waals surface area contributed by atoms with Gasteiger partial charge in [0.05, 0.1) is 23.4 Å². The second kappa shape index (κ2) is 6.96. The van der Waals surface area contributed by atoms with Crippen LogP contribution in [0.3, 0.4) is 0 Å². The largest absolute Gasteiger partial charge is 0.392 e. The molecule has 1 aromatic carbocycles. The molecule has 2 N–H and O–H groups in total. The highest BCUT2D eigenvalue weighted by Crippen LogP contribution is 2.15. The first-order valence-corrected chi connectivity index (χ1v) is 8.03. The Morgan fingerprint density at radius 3 is 2.74 bits per heavy atom. The van der Waals surface area contributed by atoms with Crippen LogP contribution < -0.4 is 5.73 Å². The fraction of sp³-hybridized carbons (Fsp3) is 0.273. The summed E-state index contributed by atoms with van der Waals surface area (Å²) in [7, 11) is -3.63. The Balaban J connectivity index is 2.95. The van der Waals surface area contributed by atoms with E-state index in [4.69, 9.17) is 23.2 Å². The maximum Gasteiger partial charge on any atom is 0.219 e. The van der Waals surface area contributed by atoms with Gasteiger partial charge in [-0.2, -0.15) is 9.57 Å². The van der Waals surface area contributed by atoms with Gasteiger partial charge in [0.1, 0.15) is 6.54 Å². The number of nitrogens with zero attached hydrogens (tertiary/aromatic N) is 2. The molecule has 0 aliphatic rings. The molecule has 0 aliphatic carbocycles. The fourth-order valence-electron chi connectivity index (χ4n) is 1.43. The van der Waals surface area contributed by atoms with Gasteiger partial charge in [0.15, 0.2) is 0 Å². The van der Waals surface area contributed by atoms with Crippen molar-refractivity contribution in [3.8, 4) is 6.07 Å². The molecule has 0 atom stereocenters. The van der Waals surface area contributed by atoms with E-state index in [0.29, 0.717) is 5.56 Å². The van der Waals surface area contributed by atoms with Crippen LogP contribution in [0, 0.1) is 11.3 Å². The fourth-order valence-corrected chi connectivity index (χ4v) is 3.49. The maximum absolute atomic E-state index is 12.2. The van der Waals surface area contributed by atoms with Crippen LogP contribution in [-0.4, -0.2) is 30.8 Å². The Kier molecular flexibility index (Phi) is 5.87. The number of hydrogen-bond acceptors (Lipinski definition) is 4. The molecule has 0 bridgehead atoms. The predicted octanol–water partition coefficient (Wildman–Crippen LogP) is 1.39. The first kappa shape index (κ1) is 16.0. The third-order valence-electron chi connectivity index (χ3n) is 2.21. The minimum absolute atomic E-state index is 0.0352. The molecule has 102 valence electrons. The van der Waals surface area contributed by atoms with Crippen molar-refractivity contribution < 1.29 is 8.42 Å². The van der Waals surface area contributed by atoms with Gasteiger partial charge in [0.2, 0.25) is 10.0 Å². The van der Waals surface area contributed by atoms with Crippen LogP contribution in [0.2, 0.25) is 0 Å². The van der Waals surface area contributed by atoms with Crippen molar-refractivity contribution in [3.05, 3.63) is 34.3 Å². The lowest BCUT2D eigenvalue weighted by Crippen LogP contribution is -2.38. The lowest BCUT2D eigenvalue weighted by atomic mass is 10.2. The number of sulfonamides is 1. The summed E-state index contributed by atoms with van der Waals surface area (Å²) in [6, 6.07) is 8.76. The molecular formula is C11H12BrN3O2S2. The highest BCUT2D eigenvalue weighted by molar-refractivity contribution is 9.10. The maximum atomic E-state index is 12.2. The second-order valence-electron chi connectivity index (χ2n) is 3.78. The van der Waals surface area contributed by atoms with Crippen molar-refractivity contribution in [1.82, 2.24) is 4.31 Å². The van der Waals surface area contributed by atoms with Gasteiger partial charge in [0, 0.05) is 4.47 Å². The summed E-state index contributed by atoms with van der Waals surface area (Å²) in [6.45, 7) is -0.396. The summed E-state index contributed by atoms with van der Waals surface area (Å²) < 4.78 is 26.1. The lowest BCUT2D eigenvalue weighted by molar-refractivity contribution is 0.483. The van der Waals surface area contributed by atoms with E-state index in [2.05, 4.69) is 15.9 Å². The summed E-state index contributed by atoms with van der Waals surface area (Å²) >= 11 is 7.97. The SMILES string of the molecule is N#CCN(CC(N)=S)S(=O)(=O)Cc1cccc(Br)c1. The molecule has 1 rings (SSSR count). The van der Waals surface area contributed by atoms with E-state index >= 15 is 0 Å². The van der Waals surface area contributed by atoms with Crippen molar-refractivity contribution >= 4 is 43.2 Å². The molecule has 0 saturated carbocycles. The molecule has 19 heavy (non-hydrogen) atoms. The Morgan fingerprint density at radius 2 is 2.21 bits per heavy atom. The highest BCUT2D eigenvalue weighted by Gasteiger charge is 2.23. The van der Waals surface area contributed by atoms with Gasteiger partial charge in [0.25, 0.3) is 0 Å². The molecule has 0 saturated heterocycles. The average Bonchev–Trinajstić information content (AvgIpc) is 2.27. The van der Waals surface area contributed by atoms with Crippen molar-refractivity contribution in [2.24, 2.45) is 5.73 Å². The molecule has 0 radical (unpaired) electrons. The molecule has 1 aromatic rings. The Bertz CT molecular complexity index is 611. The van der Waals surface area contributed by atoms with Gasteiger partial charge in [-0.15, -0.1) is 0 Å². The van der Waals surface area contributed by atoms with Crippen LogP contribution in [0.25, 0.3) is 0 Å². The van der Waals surface area contributed by atoms with Gasteiger partial charge in [-0.1, -0.05) is 40.3 Å². The molecular weight excluding hydrogens is 350 g/mol. The van der Waals surface area contributed by atoms with Gasteiger partial charge < -0.3 is 5.73 Å². The zero-order valence-electron chi connectivity index (χ0n) is 9.91. The number of rotatable bonds is 6. The zero-order valence-corrected chi connectivity index (χ0v) is 13.1. The molecule has 0 amide bonds. The molecule has 0 heterocycles. The van der Waals surface area contributed by atoms with Crippen LogP contribution in [0.1, 0.15) is 5.56 Å². The molecule has 0 aromatic heterocycles. The zero-order chi connectivity index (χ0) is 14.5. The second-order valence-corrected chi connectivity index (χ2v) is 7.19. The number of thiocarbonyl (C=S) groups is 1. The molecule has 5 nitrogen and oxygen atoms in total. The van der Waals surface area contributed by atoms with E-state index in [1.54, 1.807) is 30.3 Å². The van der Waals surface area contributed by atoms with E-state index in [0.717, 1.165) is 8.78 Å². The third kappa shape index (κ3) is 5.24. The molecule has 0 fully saturated rings. The minimum atomic E-state index is -3.63. The van der Waals surface area contributed by atoms with Gasteiger partial charge in [-0.25, -0.2) is 8.42 Å². The highest BCUT2D eigenvalue weighted by atomic mass is 79.9. The minimum Gasteiger partial charge on any atom is -0.392 e. The van der Waals surface area contributed by atoms with Gasteiger partial charge in [-0.05, 0) is 17.7 Å². The number of halogens is 1.